The van der Waals surface area contributed by atoms with E-state index in [1.807, 2.05) is 42.5 Å². The molecule has 0 aliphatic heterocycles. The summed E-state index contributed by atoms with van der Waals surface area (Å²) in [6.45, 7) is 4.92. The van der Waals surface area contributed by atoms with Crippen LogP contribution in [0.2, 0.25) is 0 Å². The number of carbonyl (C=O) groups excluding carboxylic acids is 3. The van der Waals surface area contributed by atoms with Crippen molar-refractivity contribution in [3.63, 3.8) is 0 Å². The molecule has 0 saturated carbocycles. The van der Waals surface area contributed by atoms with Crippen molar-refractivity contribution >= 4 is 47.3 Å². The summed E-state index contributed by atoms with van der Waals surface area (Å²) in [7, 11) is 0. The number of carboxylic acids is 1. The lowest BCUT2D eigenvalue weighted by atomic mass is 10.0. The summed E-state index contributed by atoms with van der Waals surface area (Å²) in [5, 5.41) is 18.4. The molecule has 0 aromatic heterocycles. The van der Waals surface area contributed by atoms with Gasteiger partial charge in [-0.1, -0.05) is 50.2 Å². The van der Waals surface area contributed by atoms with Crippen LogP contribution in [0.5, 0.6) is 0 Å². The quantitative estimate of drug-likeness (QED) is 0.334. The number of carbonyl (C=O) groups is 4. The molecule has 9 nitrogen and oxygen atoms in total. The van der Waals surface area contributed by atoms with E-state index in [4.69, 9.17) is 9.84 Å². The van der Waals surface area contributed by atoms with Gasteiger partial charge in [-0.15, -0.1) is 0 Å². The number of alkyl carbamates (subject to hydrolysis) is 1. The Morgan fingerprint density at radius 1 is 0.939 bits per heavy atom. The van der Waals surface area contributed by atoms with Crippen LogP contribution < -0.4 is 16.0 Å². The third kappa shape index (κ3) is 7.67. The van der Waals surface area contributed by atoms with E-state index < -0.39 is 42.0 Å². The zero-order valence-corrected chi connectivity index (χ0v) is 19.6. The van der Waals surface area contributed by atoms with Crippen molar-refractivity contribution in [1.82, 2.24) is 16.0 Å². The fourth-order valence-electron chi connectivity index (χ4n) is 3.03. The number of aliphatic carboxylic acids is 1. The van der Waals surface area contributed by atoms with E-state index in [1.165, 1.54) is 6.92 Å². The molecule has 0 unspecified atom stereocenters. The zero-order chi connectivity index (χ0) is 24.5. The summed E-state index contributed by atoms with van der Waals surface area (Å²) in [4.78, 5) is 48.2. The third-order valence-corrected chi connectivity index (χ3v) is 5.32. The lowest BCUT2D eigenvalue weighted by Gasteiger charge is -2.24. The molecule has 2 rings (SSSR count). The Labute approximate surface area is 197 Å². The molecule has 2 aromatic rings. The summed E-state index contributed by atoms with van der Waals surface area (Å²) >= 11 is 3.88. The minimum Gasteiger partial charge on any atom is -0.480 e. The van der Waals surface area contributed by atoms with Crippen LogP contribution in [0.3, 0.4) is 0 Å². The average molecular weight is 476 g/mol. The SMILES string of the molecule is CC(C)[C@H](NC(=O)OCc1ccc2ccccc2c1)C(=O)N[C@@H](C)C(=O)N[C@@H](CS)C(=O)O. The first kappa shape index (κ1) is 26.0. The molecule has 33 heavy (non-hydrogen) atoms. The number of benzene rings is 2. The van der Waals surface area contributed by atoms with Crippen molar-refractivity contribution in [3.05, 3.63) is 48.0 Å². The highest BCUT2D eigenvalue weighted by Gasteiger charge is 2.28. The van der Waals surface area contributed by atoms with Gasteiger partial charge >= 0.3 is 12.1 Å². The highest BCUT2D eigenvalue weighted by atomic mass is 32.1. The van der Waals surface area contributed by atoms with Gasteiger partial charge in [0.15, 0.2) is 0 Å². The first-order valence-electron chi connectivity index (χ1n) is 10.5. The third-order valence-electron chi connectivity index (χ3n) is 4.96. The van der Waals surface area contributed by atoms with Gasteiger partial charge in [0, 0.05) is 5.75 Å². The van der Waals surface area contributed by atoms with Gasteiger partial charge in [0.1, 0.15) is 24.7 Å². The van der Waals surface area contributed by atoms with Gasteiger partial charge in [-0.3, -0.25) is 9.59 Å². The molecule has 3 atom stereocenters. The number of hydrogen-bond donors (Lipinski definition) is 5. The summed E-state index contributed by atoms with van der Waals surface area (Å²) in [6.07, 6.45) is -0.768. The van der Waals surface area contributed by atoms with Crippen molar-refractivity contribution in [2.45, 2.75) is 45.5 Å². The molecular formula is C23H29N3O6S. The lowest BCUT2D eigenvalue weighted by molar-refractivity contribution is -0.141. The second-order valence-corrected chi connectivity index (χ2v) is 8.30. The number of nitrogens with one attached hydrogen (secondary N) is 3. The molecular weight excluding hydrogens is 446 g/mol. The topological polar surface area (TPSA) is 134 Å². The predicted molar refractivity (Wildman–Crippen MR) is 127 cm³/mol. The van der Waals surface area contributed by atoms with Crippen molar-refractivity contribution in [2.24, 2.45) is 5.92 Å². The van der Waals surface area contributed by atoms with Gasteiger partial charge in [-0.25, -0.2) is 9.59 Å². The number of hydrogen-bond acceptors (Lipinski definition) is 6. The fourth-order valence-corrected chi connectivity index (χ4v) is 3.28. The molecule has 10 heteroatoms. The number of ether oxygens (including phenoxy) is 1. The van der Waals surface area contributed by atoms with E-state index in [9.17, 15) is 19.2 Å². The number of rotatable bonds is 10. The maximum Gasteiger partial charge on any atom is 0.408 e. The van der Waals surface area contributed by atoms with Crippen LogP contribution in [0.1, 0.15) is 26.3 Å². The normalized spacial score (nSPS) is 13.6. The Morgan fingerprint density at radius 3 is 2.21 bits per heavy atom. The number of amides is 3. The number of thiol groups is 1. The minimum atomic E-state index is -1.23. The molecule has 0 aliphatic carbocycles. The summed E-state index contributed by atoms with van der Waals surface area (Å²) in [6, 6.07) is 10.4. The van der Waals surface area contributed by atoms with Gasteiger partial charge in [0.05, 0.1) is 0 Å². The molecule has 4 N–H and O–H groups in total. The van der Waals surface area contributed by atoms with Crippen LogP contribution in [0.4, 0.5) is 4.79 Å². The van der Waals surface area contributed by atoms with Crippen LogP contribution >= 0.6 is 12.6 Å². The Morgan fingerprint density at radius 2 is 1.61 bits per heavy atom. The lowest BCUT2D eigenvalue weighted by Crippen LogP contribution is -2.56. The molecule has 0 fully saturated rings. The van der Waals surface area contributed by atoms with E-state index in [-0.39, 0.29) is 18.3 Å². The number of fused-ring (bicyclic) bond motifs is 1. The van der Waals surface area contributed by atoms with E-state index in [1.54, 1.807) is 13.8 Å². The standard InChI is InChI=1S/C23H29N3O6S/c1-13(2)19(21(28)24-14(3)20(27)25-18(12-33)22(29)30)26-23(31)32-11-15-8-9-16-6-4-5-7-17(16)10-15/h4-10,13-14,18-19,33H,11-12H2,1-3H3,(H,24,28)(H,25,27)(H,26,31)(H,29,30)/t14-,18-,19-/m0/s1. The summed E-state index contributed by atoms with van der Waals surface area (Å²) in [5.74, 6) is -2.88. The smallest absolute Gasteiger partial charge is 0.408 e. The Kier molecular flexibility index (Phi) is 9.53. The fraction of sp³-hybridized carbons (Fsp3) is 0.391. The Balaban J connectivity index is 1.92. The van der Waals surface area contributed by atoms with Crippen molar-refractivity contribution in [1.29, 1.82) is 0 Å². The van der Waals surface area contributed by atoms with E-state index in [0.29, 0.717) is 0 Å². The molecule has 0 spiro atoms. The van der Waals surface area contributed by atoms with Crippen LogP contribution in [0, 0.1) is 5.92 Å². The van der Waals surface area contributed by atoms with Gasteiger partial charge in [0.2, 0.25) is 11.8 Å². The Bertz CT molecular complexity index is 1010. The van der Waals surface area contributed by atoms with Crippen molar-refractivity contribution < 1.29 is 29.0 Å². The van der Waals surface area contributed by atoms with E-state index in [2.05, 4.69) is 28.6 Å². The second-order valence-electron chi connectivity index (χ2n) is 7.94. The predicted octanol–water partition coefficient (Wildman–Crippen LogP) is 2.09. The Hall–Kier alpha value is -3.27. The van der Waals surface area contributed by atoms with Gasteiger partial charge in [-0.05, 0) is 35.2 Å². The van der Waals surface area contributed by atoms with Crippen LogP contribution in [-0.2, 0) is 25.7 Å². The summed E-state index contributed by atoms with van der Waals surface area (Å²) in [5.41, 5.74) is 0.803. The molecule has 0 aliphatic rings. The molecule has 0 bridgehead atoms. The monoisotopic (exact) mass is 475 g/mol. The minimum absolute atomic E-state index is 0.0300. The molecule has 0 heterocycles. The van der Waals surface area contributed by atoms with Gasteiger partial charge < -0.3 is 25.8 Å². The van der Waals surface area contributed by atoms with Crippen LogP contribution in [0.15, 0.2) is 42.5 Å². The average Bonchev–Trinajstić information content (AvgIpc) is 2.78. The first-order chi connectivity index (χ1) is 15.6. The molecule has 3 amide bonds. The molecule has 178 valence electrons. The van der Waals surface area contributed by atoms with Crippen molar-refractivity contribution in [3.8, 4) is 0 Å². The molecule has 0 saturated heterocycles. The highest BCUT2D eigenvalue weighted by Crippen LogP contribution is 2.16. The first-order valence-corrected chi connectivity index (χ1v) is 11.1. The van der Waals surface area contributed by atoms with Gasteiger partial charge in [0.25, 0.3) is 0 Å². The number of carboxylic acid groups (broad SMARTS) is 1. The van der Waals surface area contributed by atoms with Crippen LogP contribution in [-0.4, -0.2) is 52.9 Å². The van der Waals surface area contributed by atoms with Crippen molar-refractivity contribution in [2.75, 3.05) is 5.75 Å². The second kappa shape index (κ2) is 12.1. The van der Waals surface area contributed by atoms with E-state index in [0.717, 1.165) is 16.3 Å². The van der Waals surface area contributed by atoms with Crippen LogP contribution in [0.25, 0.3) is 10.8 Å². The summed E-state index contributed by atoms with van der Waals surface area (Å²) < 4.78 is 5.27. The maximum absolute atomic E-state index is 12.7. The zero-order valence-electron chi connectivity index (χ0n) is 18.7. The van der Waals surface area contributed by atoms with E-state index >= 15 is 0 Å². The molecule has 0 radical (unpaired) electrons. The molecule has 2 aromatic carbocycles. The van der Waals surface area contributed by atoms with Gasteiger partial charge in [-0.2, -0.15) is 12.6 Å². The maximum atomic E-state index is 12.7. The highest BCUT2D eigenvalue weighted by molar-refractivity contribution is 7.80. The largest absolute Gasteiger partial charge is 0.480 e.